The van der Waals surface area contributed by atoms with Crippen LogP contribution in [0.25, 0.3) is 0 Å². The molecule has 5 heteroatoms. The lowest BCUT2D eigenvalue weighted by Crippen LogP contribution is -2.47. The second-order valence-corrected chi connectivity index (χ2v) is 5.03. The average Bonchev–Trinajstić information content (AvgIpc) is 2.41. The molecule has 1 amide bonds. The number of rotatable bonds is 4. The Morgan fingerprint density at radius 2 is 2.05 bits per heavy atom. The van der Waals surface area contributed by atoms with Crippen molar-refractivity contribution in [3.8, 4) is 0 Å². The van der Waals surface area contributed by atoms with Crippen LogP contribution >= 0.6 is 0 Å². The maximum Gasteiger partial charge on any atom is 0.238 e. The molecule has 2 rings (SSSR count). The monoisotopic (exact) mass is 262 g/mol. The molecule has 1 aromatic carbocycles. The van der Waals surface area contributed by atoms with Crippen LogP contribution in [0.15, 0.2) is 24.3 Å². The minimum Gasteiger partial charge on any atom is -0.326 e. The van der Waals surface area contributed by atoms with Crippen molar-refractivity contribution in [2.75, 3.05) is 45.1 Å². The van der Waals surface area contributed by atoms with E-state index < -0.39 is 0 Å². The molecule has 0 aromatic heterocycles. The lowest BCUT2D eigenvalue weighted by Gasteiger charge is -2.31. The molecule has 1 aromatic rings. The first-order valence-electron chi connectivity index (χ1n) is 6.67. The van der Waals surface area contributed by atoms with Crippen LogP contribution in [0.1, 0.15) is 5.56 Å². The van der Waals surface area contributed by atoms with Crippen LogP contribution in [0.2, 0.25) is 0 Å². The van der Waals surface area contributed by atoms with E-state index in [9.17, 15) is 4.79 Å². The van der Waals surface area contributed by atoms with Gasteiger partial charge in [-0.05, 0) is 24.7 Å². The number of likely N-dealkylation sites (N-methyl/N-ethyl adjacent to an activating group) is 1. The SMILES string of the molecule is CN1CCN(CC(=O)Nc2cccc(CN)c2)CC1. The number of nitrogens with one attached hydrogen (secondary N) is 1. The highest BCUT2D eigenvalue weighted by atomic mass is 16.2. The largest absolute Gasteiger partial charge is 0.326 e. The molecule has 1 aliphatic rings. The number of hydrogen-bond acceptors (Lipinski definition) is 4. The summed E-state index contributed by atoms with van der Waals surface area (Å²) >= 11 is 0. The number of piperazine rings is 1. The molecule has 1 saturated heterocycles. The maximum absolute atomic E-state index is 12.0. The number of carbonyl (C=O) groups is 1. The van der Waals surface area contributed by atoms with Crippen molar-refractivity contribution in [1.29, 1.82) is 0 Å². The molecule has 0 atom stereocenters. The lowest BCUT2D eigenvalue weighted by atomic mass is 10.2. The third-order valence-corrected chi connectivity index (χ3v) is 3.41. The molecule has 3 N–H and O–H groups in total. The normalized spacial score (nSPS) is 17.4. The summed E-state index contributed by atoms with van der Waals surface area (Å²) in [6.07, 6.45) is 0. The maximum atomic E-state index is 12.0. The molecule has 1 aliphatic heterocycles. The fourth-order valence-electron chi connectivity index (χ4n) is 2.19. The summed E-state index contributed by atoms with van der Waals surface area (Å²) < 4.78 is 0. The number of anilines is 1. The second-order valence-electron chi connectivity index (χ2n) is 5.03. The molecule has 19 heavy (non-hydrogen) atoms. The summed E-state index contributed by atoms with van der Waals surface area (Å²) in [6.45, 7) is 4.90. The van der Waals surface area contributed by atoms with Crippen molar-refractivity contribution in [2.45, 2.75) is 6.54 Å². The molecule has 0 unspecified atom stereocenters. The zero-order valence-corrected chi connectivity index (χ0v) is 11.4. The van der Waals surface area contributed by atoms with Crippen molar-refractivity contribution in [1.82, 2.24) is 9.80 Å². The average molecular weight is 262 g/mol. The van der Waals surface area contributed by atoms with E-state index >= 15 is 0 Å². The topological polar surface area (TPSA) is 61.6 Å². The third kappa shape index (κ3) is 4.31. The number of carbonyl (C=O) groups excluding carboxylic acids is 1. The van der Waals surface area contributed by atoms with E-state index in [2.05, 4.69) is 22.2 Å². The highest BCUT2D eigenvalue weighted by Gasteiger charge is 2.16. The molecular formula is C14H22N4O. The predicted octanol–water partition coefficient (Wildman–Crippen LogP) is 0.331. The summed E-state index contributed by atoms with van der Waals surface area (Å²) in [5, 5.41) is 2.93. The lowest BCUT2D eigenvalue weighted by molar-refractivity contribution is -0.117. The van der Waals surface area contributed by atoms with Crippen LogP contribution in [0, 0.1) is 0 Å². The summed E-state index contributed by atoms with van der Waals surface area (Å²) in [7, 11) is 2.11. The van der Waals surface area contributed by atoms with E-state index in [1.54, 1.807) is 0 Å². The summed E-state index contributed by atoms with van der Waals surface area (Å²) in [5.74, 6) is 0.0405. The van der Waals surface area contributed by atoms with Crippen LogP contribution in [0.4, 0.5) is 5.69 Å². The molecule has 1 heterocycles. The Labute approximate surface area is 114 Å². The molecule has 0 saturated carbocycles. The van der Waals surface area contributed by atoms with E-state index in [0.717, 1.165) is 37.4 Å². The Morgan fingerprint density at radius 3 is 2.74 bits per heavy atom. The van der Waals surface area contributed by atoms with Crippen molar-refractivity contribution in [3.05, 3.63) is 29.8 Å². The van der Waals surface area contributed by atoms with E-state index in [1.165, 1.54) is 0 Å². The minimum absolute atomic E-state index is 0.0405. The molecule has 0 aliphatic carbocycles. The Morgan fingerprint density at radius 1 is 1.32 bits per heavy atom. The zero-order valence-electron chi connectivity index (χ0n) is 11.4. The Hall–Kier alpha value is -1.43. The van der Waals surface area contributed by atoms with Crippen LogP contribution in [0.3, 0.4) is 0 Å². The molecule has 1 fully saturated rings. The number of nitrogens with zero attached hydrogens (tertiary/aromatic N) is 2. The van der Waals surface area contributed by atoms with Crippen molar-refractivity contribution >= 4 is 11.6 Å². The molecule has 0 radical (unpaired) electrons. The standard InChI is InChI=1S/C14H22N4O/c1-17-5-7-18(8-6-17)11-14(19)16-13-4-2-3-12(9-13)10-15/h2-4,9H,5-8,10-11,15H2,1H3,(H,16,19). The van der Waals surface area contributed by atoms with E-state index in [4.69, 9.17) is 5.73 Å². The Balaban J connectivity index is 1.83. The van der Waals surface area contributed by atoms with Crippen molar-refractivity contribution in [3.63, 3.8) is 0 Å². The van der Waals surface area contributed by atoms with Gasteiger partial charge >= 0.3 is 0 Å². The van der Waals surface area contributed by atoms with E-state index in [-0.39, 0.29) is 5.91 Å². The Kier molecular flexibility index (Phi) is 4.90. The van der Waals surface area contributed by atoms with Crippen LogP contribution in [0.5, 0.6) is 0 Å². The summed E-state index contributed by atoms with van der Waals surface area (Å²) in [4.78, 5) is 16.4. The van der Waals surface area contributed by atoms with Gasteiger partial charge in [0, 0.05) is 38.4 Å². The van der Waals surface area contributed by atoms with Gasteiger partial charge in [0.25, 0.3) is 0 Å². The summed E-state index contributed by atoms with van der Waals surface area (Å²) in [5.41, 5.74) is 7.43. The van der Waals surface area contributed by atoms with Crippen LogP contribution < -0.4 is 11.1 Å². The van der Waals surface area contributed by atoms with Gasteiger partial charge in [0.2, 0.25) is 5.91 Å². The highest BCUT2D eigenvalue weighted by molar-refractivity contribution is 5.92. The molecule has 5 nitrogen and oxygen atoms in total. The third-order valence-electron chi connectivity index (χ3n) is 3.41. The number of nitrogens with two attached hydrogens (primary N) is 1. The van der Waals surface area contributed by atoms with Gasteiger partial charge in [-0.15, -0.1) is 0 Å². The van der Waals surface area contributed by atoms with Gasteiger partial charge in [-0.2, -0.15) is 0 Å². The van der Waals surface area contributed by atoms with Crippen molar-refractivity contribution in [2.24, 2.45) is 5.73 Å². The van der Waals surface area contributed by atoms with Gasteiger partial charge in [-0.25, -0.2) is 0 Å². The van der Waals surface area contributed by atoms with Gasteiger partial charge in [0.1, 0.15) is 0 Å². The van der Waals surface area contributed by atoms with E-state index in [1.807, 2.05) is 24.3 Å². The van der Waals surface area contributed by atoms with Gasteiger partial charge in [-0.1, -0.05) is 12.1 Å². The molecular weight excluding hydrogens is 240 g/mol. The number of hydrogen-bond donors (Lipinski definition) is 2. The molecule has 104 valence electrons. The first-order valence-corrected chi connectivity index (χ1v) is 6.67. The zero-order chi connectivity index (χ0) is 13.7. The van der Waals surface area contributed by atoms with Gasteiger partial charge < -0.3 is 16.0 Å². The van der Waals surface area contributed by atoms with Gasteiger partial charge in [0.05, 0.1) is 6.54 Å². The van der Waals surface area contributed by atoms with Crippen LogP contribution in [-0.2, 0) is 11.3 Å². The van der Waals surface area contributed by atoms with Gasteiger partial charge in [0.15, 0.2) is 0 Å². The highest BCUT2D eigenvalue weighted by Crippen LogP contribution is 2.10. The quantitative estimate of drug-likeness (QED) is 0.821. The number of amides is 1. The predicted molar refractivity (Wildman–Crippen MR) is 76.9 cm³/mol. The van der Waals surface area contributed by atoms with Crippen LogP contribution in [-0.4, -0.2) is 55.5 Å². The number of benzene rings is 1. The Bertz CT molecular complexity index is 427. The summed E-state index contributed by atoms with van der Waals surface area (Å²) in [6, 6.07) is 7.67. The van der Waals surface area contributed by atoms with E-state index in [0.29, 0.717) is 13.1 Å². The fraction of sp³-hybridized carbons (Fsp3) is 0.500. The van der Waals surface area contributed by atoms with Crippen molar-refractivity contribution < 1.29 is 4.79 Å². The second kappa shape index (κ2) is 6.65. The van der Waals surface area contributed by atoms with Gasteiger partial charge in [-0.3, -0.25) is 9.69 Å². The molecule has 0 bridgehead atoms. The molecule has 0 spiro atoms. The first kappa shape index (κ1) is 14.0. The smallest absolute Gasteiger partial charge is 0.238 e. The minimum atomic E-state index is 0.0405. The first-order chi connectivity index (χ1) is 9.17. The fourth-order valence-corrected chi connectivity index (χ4v) is 2.19.